The number of nitrogens with zero attached hydrogens (tertiary/aromatic N) is 3. The van der Waals surface area contributed by atoms with Crippen LogP contribution in [0.25, 0.3) is 11.4 Å². The van der Waals surface area contributed by atoms with Gasteiger partial charge in [-0.3, -0.25) is 4.79 Å². The van der Waals surface area contributed by atoms with E-state index < -0.39 is 0 Å². The molecule has 7 heteroatoms. The van der Waals surface area contributed by atoms with Gasteiger partial charge < -0.3 is 23.7 Å². The zero-order valence-corrected chi connectivity index (χ0v) is 17.0. The summed E-state index contributed by atoms with van der Waals surface area (Å²) < 4.78 is 18.8. The molecule has 2 aliphatic rings. The van der Waals surface area contributed by atoms with E-state index in [1.165, 1.54) is 25.7 Å². The molecular formula is C22H29N3O4. The molecule has 0 atom stereocenters. The smallest absolute Gasteiger partial charge is 0.260 e. The normalized spacial score (nSPS) is 17.5. The topological polar surface area (TPSA) is 65.8 Å². The maximum Gasteiger partial charge on any atom is 0.260 e. The van der Waals surface area contributed by atoms with E-state index in [0.29, 0.717) is 37.8 Å². The molecule has 7 nitrogen and oxygen atoms in total. The fourth-order valence-electron chi connectivity index (χ4n) is 4.16. The molecule has 2 aromatic rings. The quantitative estimate of drug-likeness (QED) is 0.716. The van der Waals surface area contributed by atoms with Crippen molar-refractivity contribution in [2.75, 3.05) is 40.0 Å². The molecule has 1 aromatic carbocycles. The van der Waals surface area contributed by atoms with Crippen LogP contribution >= 0.6 is 0 Å². The van der Waals surface area contributed by atoms with Crippen molar-refractivity contribution in [3.05, 3.63) is 30.6 Å². The molecule has 1 saturated carbocycles. The lowest BCUT2D eigenvalue weighted by Crippen LogP contribution is -2.43. The third-order valence-corrected chi connectivity index (χ3v) is 5.78. The Labute approximate surface area is 171 Å². The van der Waals surface area contributed by atoms with Gasteiger partial charge in [-0.05, 0) is 37.0 Å². The maximum atomic E-state index is 12.3. The molecule has 1 saturated heterocycles. The van der Waals surface area contributed by atoms with E-state index in [9.17, 15) is 4.79 Å². The Morgan fingerprint density at radius 3 is 2.76 bits per heavy atom. The first kappa shape index (κ1) is 19.8. The second-order valence-corrected chi connectivity index (χ2v) is 7.70. The maximum absolute atomic E-state index is 12.3. The van der Waals surface area contributed by atoms with Crippen LogP contribution in [0.4, 0.5) is 0 Å². The van der Waals surface area contributed by atoms with Gasteiger partial charge in [0.2, 0.25) is 0 Å². The number of amides is 1. The number of hydrogen-bond donors (Lipinski definition) is 0. The van der Waals surface area contributed by atoms with Gasteiger partial charge in [-0.25, -0.2) is 4.98 Å². The molecular weight excluding hydrogens is 370 g/mol. The van der Waals surface area contributed by atoms with E-state index in [0.717, 1.165) is 23.9 Å². The minimum absolute atomic E-state index is 0.00792. The lowest BCUT2D eigenvalue weighted by molar-refractivity contribution is -0.137. The highest BCUT2D eigenvalue weighted by atomic mass is 16.5. The summed E-state index contributed by atoms with van der Waals surface area (Å²) in [6, 6.07) is 5.77. The lowest BCUT2D eigenvalue weighted by atomic mass is 10.1. The first-order chi connectivity index (χ1) is 14.2. The van der Waals surface area contributed by atoms with Crippen molar-refractivity contribution >= 4 is 5.91 Å². The van der Waals surface area contributed by atoms with Crippen LogP contribution in [0.2, 0.25) is 0 Å². The Hall–Kier alpha value is -2.54. The summed E-state index contributed by atoms with van der Waals surface area (Å²) in [7, 11) is 1.61. The van der Waals surface area contributed by atoms with Crippen molar-refractivity contribution in [2.24, 2.45) is 5.92 Å². The fraction of sp³-hybridized carbons (Fsp3) is 0.545. The van der Waals surface area contributed by atoms with Crippen LogP contribution in [0.1, 0.15) is 25.7 Å². The molecule has 2 heterocycles. The molecule has 4 rings (SSSR count). The highest BCUT2D eigenvalue weighted by Crippen LogP contribution is 2.33. The largest absolute Gasteiger partial charge is 0.493 e. The van der Waals surface area contributed by atoms with Crippen molar-refractivity contribution in [3.8, 4) is 22.9 Å². The summed E-state index contributed by atoms with van der Waals surface area (Å²) >= 11 is 0. The van der Waals surface area contributed by atoms with Crippen LogP contribution in [-0.2, 0) is 16.1 Å². The van der Waals surface area contributed by atoms with Gasteiger partial charge in [-0.2, -0.15) is 0 Å². The van der Waals surface area contributed by atoms with Crippen LogP contribution in [0, 0.1) is 5.92 Å². The van der Waals surface area contributed by atoms with Gasteiger partial charge >= 0.3 is 0 Å². The van der Waals surface area contributed by atoms with E-state index in [4.69, 9.17) is 14.2 Å². The third kappa shape index (κ3) is 4.72. The van der Waals surface area contributed by atoms with Crippen LogP contribution in [0.3, 0.4) is 0 Å². The van der Waals surface area contributed by atoms with Gasteiger partial charge in [-0.15, -0.1) is 0 Å². The van der Waals surface area contributed by atoms with Crippen LogP contribution < -0.4 is 9.47 Å². The van der Waals surface area contributed by atoms with Gasteiger partial charge in [0.25, 0.3) is 5.91 Å². The number of imidazole rings is 1. The standard InChI is InChI=1S/C22H29N3O4/c1-27-20-14-18(22-23-8-9-25(22)15-17-4-2-3-5-17)6-7-19(20)29-16-21(26)24-10-12-28-13-11-24/h6-9,14,17H,2-5,10-13,15-16H2,1H3. The molecule has 2 fully saturated rings. The second kappa shape index (κ2) is 9.31. The highest BCUT2D eigenvalue weighted by molar-refractivity contribution is 5.78. The van der Waals surface area contributed by atoms with Gasteiger partial charge in [0.1, 0.15) is 5.82 Å². The zero-order chi connectivity index (χ0) is 20.1. The molecule has 0 unspecified atom stereocenters. The fourth-order valence-corrected chi connectivity index (χ4v) is 4.16. The lowest BCUT2D eigenvalue weighted by Gasteiger charge is -2.26. The average Bonchev–Trinajstić information content (AvgIpc) is 3.45. The van der Waals surface area contributed by atoms with E-state index >= 15 is 0 Å². The second-order valence-electron chi connectivity index (χ2n) is 7.70. The zero-order valence-electron chi connectivity index (χ0n) is 17.0. The third-order valence-electron chi connectivity index (χ3n) is 5.78. The van der Waals surface area contributed by atoms with E-state index in [2.05, 4.69) is 9.55 Å². The SMILES string of the molecule is COc1cc(-c2nccn2CC2CCCC2)ccc1OCC(=O)N1CCOCC1. The summed E-state index contributed by atoms with van der Waals surface area (Å²) in [6.45, 7) is 3.38. The number of carbonyl (C=O) groups excluding carboxylic acids is 1. The Balaban J connectivity index is 1.44. The molecule has 0 spiro atoms. The van der Waals surface area contributed by atoms with Crippen LogP contribution in [-0.4, -0.2) is 60.4 Å². The van der Waals surface area contributed by atoms with Crippen molar-refractivity contribution in [2.45, 2.75) is 32.2 Å². The predicted molar refractivity (Wildman–Crippen MR) is 109 cm³/mol. The summed E-state index contributed by atoms with van der Waals surface area (Å²) in [5.74, 6) is 2.80. The molecule has 0 radical (unpaired) electrons. The number of methoxy groups -OCH3 is 1. The highest BCUT2D eigenvalue weighted by Gasteiger charge is 2.20. The number of rotatable bonds is 7. The minimum Gasteiger partial charge on any atom is -0.493 e. The van der Waals surface area contributed by atoms with E-state index in [-0.39, 0.29) is 12.5 Å². The molecule has 1 amide bonds. The number of ether oxygens (including phenoxy) is 3. The number of benzene rings is 1. The molecule has 0 bridgehead atoms. The van der Waals surface area contributed by atoms with E-state index in [1.807, 2.05) is 30.6 Å². The summed E-state index contributed by atoms with van der Waals surface area (Å²) in [4.78, 5) is 18.7. The van der Waals surface area contributed by atoms with Crippen molar-refractivity contribution < 1.29 is 19.0 Å². The van der Waals surface area contributed by atoms with Crippen molar-refractivity contribution in [1.29, 1.82) is 0 Å². The molecule has 1 aromatic heterocycles. The monoisotopic (exact) mass is 399 g/mol. The molecule has 0 N–H and O–H groups in total. The molecule has 1 aliphatic carbocycles. The van der Waals surface area contributed by atoms with Crippen molar-refractivity contribution in [3.63, 3.8) is 0 Å². The Bertz CT molecular complexity index is 823. The molecule has 1 aliphatic heterocycles. The van der Waals surface area contributed by atoms with Gasteiger partial charge in [0.15, 0.2) is 18.1 Å². The average molecular weight is 399 g/mol. The van der Waals surface area contributed by atoms with Crippen LogP contribution in [0.15, 0.2) is 30.6 Å². The molecule has 156 valence electrons. The van der Waals surface area contributed by atoms with Gasteiger partial charge in [0.05, 0.1) is 20.3 Å². The van der Waals surface area contributed by atoms with Crippen LogP contribution in [0.5, 0.6) is 11.5 Å². The summed E-state index contributed by atoms with van der Waals surface area (Å²) in [5, 5.41) is 0. The number of carbonyl (C=O) groups is 1. The summed E-state index contributed by atoms with van der Waals surface area (Å²) in [5.41, 5.74) is 0.983. The number of aromatic nitrogens is 2. The summed E-state index contributed by atoms with van der Waals surface area (Å²) in [6.07, 6.45) is 9.15. The predicted octanol–water partition coefficient (Wildman–Crippen LogP) is 2.99. The van der Waals surface area contributed by atoms with E-state index in [1.54, 1.807) is 12.0 Å². The van der Waals surface area contributed by atoms with Gasteiger partial charge in [0, 0.05) is 37.6 Å². The number of morpholine rings is 1. The van der Waals surface area contributed by atoms with Gasteiger partial charge in [-0.1, -0.05) is 12.8 Å². The number of hydrogen-bond acceptors (Lipinski definition) is 5. The first-order valence-corrected chi connectivity index (χ1v) is 10.4. The van der Waals surface area contributed by atoms with Crippen molar-refractivity contribution in [1.82, 2.24) is 14.5 Å². The Morgan fingerprint density at radius 1 is 1.21 bits per heavy atom. The Kier molecular flexibility index (Phi) is 6.34. The molecule has 29 heavy (non-hydrogen) atoms. The minimum atomic E-state index is -0.0356. The first-order valence-electron chi connectivity index (χ1n) is 10.4. The Morgan fingerprint density at radius 2 is 2.00 bits per heavy atom.